The molecule has 1 amide bonds. The minimum atomic E-state index is -0.422. The van der Waals surface area contributed by atoms with Crippen molar-refractivity contribution in [2.75, 3.05) is 6.54 Å². The third-order valence-corrected chi connectivity index (χ3v) is 5.59. The van der Waals surface area contributed by atoms with Crippen LogP contribution in [0.25, 0.3) is 10.9 Å². The molecule has 32 heavy (non-hydrogen) atoms. The Morgan fingerprint density at radius 2 is 2.03 bits per heavy atom. The maximum Gasteiger partial charge on any atom is 0.270 e. The Hall–Kier alpha value is -3.71. The number of rotatable bonds is 8. The van der Waals surface area contributed by atoms with Crippen molar-refractivity contribution in [3.05, 3.63) is 105 Å². The summed E-state index contributed by atoms with van der Waals surface area (Å²) in [5.41, 5.74) is 3.36. The number of nitro benzene ring substituents is 1. The number of benzene rings is 2. The number of nitrogens with zero attached hydrogens (tertiary/aromatic N) is 2. The highest BCUT2D eigenvalue weighted by molar-refractivity contribution is 6.30. The summed E-state index contributed by atoms with van der Waals surface area (Å²) in [6.07, 6.45) is 4.34. The third kappa shape index (κ3) is 4.95. The molecule has 2 heterocycles. The van der Waals surface area contributed by atoms with Gasteiger partial charge >= 0.3 is 0 Å². The molecule has 162 valence electrons. The Kier molecular flexibility index (Phi) is 6.47. The van der Waals surface area contributed by atoms with Crippen LogP contribution in [0.1, 0.15) is 29.2 Å². The van der Waals surface area contributed by atoms with E-state index < -0.39 is 4.92 Å². The number of nitro groups is 1. The van der Waals surface area contributed by atoms with Gasteiger partial charge in [0.25, 0.3) is 5.69 Å². The first-order valence-electron chi connectivity index (χ1n) is 10.2. The number of fused-ring (bicyclic) bond motifs is 1. The number of aromatic amines is 1. The van der Waals surface area contributed by atoms with E-state index >= 15 is 0 Å². The van der Waals surface area contributed by atoms with E-state index in [1.807, 2.05) is 36.4 Å². The smallest absolute Gasteiger partial charge is 0.270 e. The van der Waals surface area contributed by atoms with E-state index in [9.17, 15) is 14.9 Å². The second-order valence-corrected chi connectivity index (χ2v) is 7.90. The number of halogens is 1. The van der Waals surface area contributed by atoms with Gasteiger partial charge in [-0.2, -0.15) is 0 Å². The summed E-state index contributed by atoms with van der Waals surface area (Å²) < 4.78 is 0. The molecule has 0 aliphatic heterocycles. The lowest BCUT2D eigenvalue weighted by atomic mass is 9.88. The van der Waals surface area contributed by atoms with Crippen LogP contribution in [0.5, 0.6) is 0 Å². The number of carbonyl (C=O) groups is 1. The highest BCUT2D eigenvalue weighted by Gasteiger charge is 2.23. The van der Waals surface area contributed by atoms with E-state index in [1.54, 1.807) is 24.5 Å². The van der Waals surface area contributed by atoms with Crippen LogP contribution in [0.2, 0.25) is 5.02 Å². The fourth-order valence-corrected chi connectivity index (χ4v) is 4.00. The quantitative estimate of drug-likeness (QED) is 0.292. The molecule has 0 aliphatic carbocycles. The summed E-state index contributed by atoms with van der Waals surface area (Å²) >= 11 is 6.22. The van der Waals surface area contributed by atoms with Crippen LogP contribution in [0.3, 0.4) is 0 Å². The van der Waals surface area contributed by atoms with Gasteiger partial charge in [-0.05, 0) is 41.5 Å². The monoisotopic (exact) mass is 448 g/mol. The number of amides is 1. The van der Waals surface area contributed by atoms with Crippen LogP contribution >= 0.6 is 11.6 Å². The van der Waals surface area contributed by atoms with E-state index in [-0.39, 0.29) is 23.9 Å². The minimum Gasteiger partial charge on any atom is -0.361 e. The molecule has 0 bridgehead atoms. The molecular formula is C24H21ClN4O3. The highest BCUT2D eigenvalue weighted by atomic mass is 35.5. The van der Waals surface area contributed by atoms with Crippen LogP contribution in [0, 0.1) is 10.1 Å². The molecule has 2 aromatic heterocycles. The van der Waals surface area contributed by atoms with Gasteiger partial charge in [-0.25, -0.2) is 0 Å². The molecule has 4 aromatic rings. The van der Waals surface area contributed by atoms with Gasteiger partial charge in [-0.1, -0.05) is 29.8 Å². The molecule has 0 aliphatic rings. The zero-order valence-corrected chi connectivity index (χ0v) is 17.9. The second kappa shape index (κ2) is 9.62. The summed E-state index contributed by atoms with van der Waals surface area (Å²) in [5.74, 6) is -0.440. The molecule has 7 nitrogen and oxygen atoms in total. The molecule has 2 aromatic carbocycles. The van der Waals surface area contributed by atoms with E-state index in [1.165, 1.54) is 12.1 Å². The predicted octanol–water partition coefficient (Wildman–Crippen LogP) is 5.01. The van der Waals surface area contributed by atoms with Crippen LogP contribution < -0.4 is 5.32 Å². The summed E-state index contributed by atoms with van der Waals surface area (Å²) in [6.45, 7) is 0.470. The van der Waals surface area contributed by atoms with Gasteiger partial charge in [-0.3, -0.25) is 19.9 Å². The predicted molar refractivity (Wildman–Crippen MR) is 124 cm³/mol. The number of hydrogen-bond acceptors (Lipinski definition) is 4. The highest BCUT2D eigenvalue weighted by Crippen LogP contribution is 2.35. The molecule has 8 heteroatoms. The lowest BCUT2D eigenvalue weighted by Gasteiger charge is -2.17. The molecule has 0 saturated heterocycles. The standard InChI is InChI=1S/C24H21ClN4O3/c25-17-5-3-4-16(12-17)20(14-24(30)27-11-9-18-6-1-2-10-26-18)22-15-28-23-8-7-19(29(31)32)13-21(22)23/h1-8,10,12-13,15,20,28H,9,11,14H2,(H,27,30)/t20-/m0/s1. The molecular weight excluding hydrogens is 428 g/mol. The van der Waals surface area contributed by atoms with Crippen molar-refractivity contribution in [1.29, 1.82) is 0 Å². The van der Waals surface area contributed by atoms with Crippen LogP contribution in [0.4, 0.5) is 5.69 Å². The third-order valence-electron chi connectivity index (χ3n) is 5.35. The Morgan fingerprint density at radius 1 is 1.16 bits per heavy atom. The number of hydrogen-bond donors (Lipinski definition) is 2. The van der Waals surface area contributed by atoms with Crippen molar-refractivity contribution in [1.82, 2.24) is 15.3 Å². The summed E-state index contributed by atoms with van der Waals surface area (Å²) in [4.78, 5) is 31.1. The van der Waals surface area contributed by atoms with Gasteiger partial charge in [0.1, 0.15) is 0 Å². The van der Waals surface area contributed by atoms with Gasteiger partial charge in [-0.15, -0.1) is 0 Å². The van der Waals surface area contributed by atoms with E-state index in [2.05, 4.69) is 15.3 Å². The maximum atomic E-state index is 12.8. The van der Waals surface area contributed by atoms with Gasteiger partial charge < -0.3 is 10.3 Å². The molecule has 0 radical (unpaired) electrons. The zero-order valence-electron chi connectivity index (χ0n) is 17.1. The van der Waals surface area contributed by atoms with Gasteiger partial charge in [0.05, 0.1) is 4.92 Å². The number of nitrogens with one attached hydrogen (secondary N) is 2. The zero-order chi connectivity index (χ0) is 22.5. The average Bonchev–Trinajstić information content (AvgIpc) is 3.21. The topological polar surface area (TPSA) is 101 Å². The number of aromatic nitrogens is 2. The molecule has 0 fully saturated rings. The Morgan fingerprint density at radius 3 is 2.78 bits per heavy atom. The SMILES string of the molecule is O=C(C[C@@H](c1cccc(Cl)c1)c1c[nH]c2ccc([N+](=O)[O-])cc12)NCCc1ccccn1. The molecule has 0 unspecified atom stereocenters. The number of pyridine rings is 1. The summed E-state index contributed by atoms with van der Waals surface area (Å²) in [6, 6.07) is 17.7. The van der Waals surface area contributed by atoms with Crippen molar-refractivity contribution in [3.8, 4) is 0 Å². The number of carbonyl (C=O) groups excluding carboxylic acids is 1. The number of H-pyrrole nitrogens is 1. The van der Waals surface area contributed by atoms with Crippen molar-refractivity contribution >= 4 is 34.1 Å². The van der Waals surface area contributed by atoms with Crippen LogP contribution in [0.15, 0.2) is 73.1 Å². The average molecular weight is 449 g/mol. The van der Waals surface area contributed by atoms with Gasteiger partial charge in [0.15, 0.2) is 0 Å². The van der Waals surface area contributed by atoms with Crippen LogP contribution in [-0.2, 0) is 11.2 Å². The Bertz CT molecular complexity index is 1260. The fourth-order valence-electron chi connectivity index (χ4n) is 3.80. The molecule has 2 N–H and O–H groups in total. The Balaban J connectivity index is 1.60. The van der Waals surface area contributed by atoms with Gasteiger partial charge in [0, 0.05) is 71.5 Å². The van der Waals surface area contributed by atoms with Crippen molar-refractivity contribution in [2.24, 2.45) is 0 Å². The summed E-state index contributed by atoms with van der Waals surface area (Å²) in [7, 11) is 0. The largest absolute Gasteiger partial charge is 0.361 e. The van der Waals surface area contributed by atoms with E-state index in [4.69, 9.17) is 11.6 Å². The molecule has 0 saturated carbocycles. The molecule has 0 spiro atoms. The second-order valence-electron chi connectivity index (χ2n) is 7.46. The number of non-ortho nitro benzene ring substituents is 1. The van der Waals surface area contributed by atoms with Crippen molar-refractivity contribution < 1.29 is 9.72 Å². The summed E-state index contributed by atoms with van der Waals surface area (Å²) in [5, 5.41) is 15.5. The van der Waals surface area contributed by atoms with E-state index in [0.29, 0.717) is 23.4 Å². The Labute approximate surface area is 189 Å². The van der Waals surface area contributed by atoms with E-state index in [0.717, 1.165) is 22.3 Å². The normalized spacial score (nSPS) is 11.9. The minimum absolute atomic E-state index is 0.00278. The maximum absolute atomic E-state index is 12.8. The first-order valence-corrected chi connectivity index (χ1v) is 10.6. The first kappa shape index (κ1) is 21.5. The molecule has 1 atom stereocenters. The lowest BCUT2D eigenvalue weighted by molar-refractivity contribution is -0.384. The fraction of sp³-hybridized carbons (Fsp3) is 0.167. The first-order chi connectivity index (χ1) is 15.5. The lowest BCUT2D eigenvalue weighted by Crippen LogP contribution is -2.27. The van der Waals surface area contributed by atoms with Crippen molar-refractivity contribution in [3.63, 3.8) is 0 Å². The van der Waals surface area contributed by atoms with Crippen molar-refractivity contribution in [2.45, 2.75) is 18.8 Å². The van der Waals surface area contributed by atoms with Gasteiger partial charge in [0.2, 0.25) is 5.91 Å². The molecule has 4 rings (SSSR count). The van der Waals surface area contributed by atoms with Crippen LogP contribution in [-0.4, -0.2) is 27.3 Å².